The van der Waals surface area contributed by atoms with Crippen molar-refractivity contribution in [2.75, 3.05) is 4.90 Å². The highest BCUT2D eigenvalue weighted by Crippen LogP contribution is 2.58. The van der Waals surface area contributed by atoms with Gasteiger partial charge in [-0.25, -0.2) is 0 Å². The fraction of sp³-hybridized carbons (Fsp3) is 0.0159. The van der Waals surface area contributed by atoms with Crippen molar-refractivity contribution in [3.05, 3.63) is 270 Å². The maximum atomic E-state index is 11.1. The first kappa shape index (κ1) is 14.8. The van der Waals surface area contributed by atoms with Gasteiger partial charge < -0.3 is 4.90 Å². The molecule has 1 nitrogen and oxygen atoms in total. The van der Waals surface area contributed by atoms with Crippen LogP contribution in [0.15, 0.2) is 248 Å². The number of hydrogen-bond acceptors (Lipinski definition) is 2. The van der Waals surface area contributed by atoms with Gasteiger partial charge in [-0.05, 0) is 119 Å². The quantitative estimate of drug-likeness (QED) is 0.154. The molecule has 304 valence electrons. The van der Waals surface area contributed by atoms with Crippen molar-refractivity contribution >= 4 is 70.1 Å². The van der Waals surface area contributed by atoms with Crippen LogP contribution in [0.3, 0.4) is 0 Å². The van der Waals surface area contributed by atoms with Gasteiger partial charge in [0.1, 0.15) is 0 Å². The first-order chi connectivity index (χ1) is 49.3. The zero-order valence-electron chi connectivity index (χ0n) is 73.4. The summed E-state index contributed by atoms with van der Waals surface area (Å²) in [6, 6.07) is -50.2. The van der Waals surface area contributed by atoms with Gasteiger partial charge >= 0.3 is 0 Å². The number of thiophene rings is 1. The van der Waals surface area contributed by atoms with Crippen LogP contribution in [0, 0.1) is 0 Å². The lowest BCUT2D eigenvalue weighted by atomic mass is 9.67. The molecule has 0 fully saturated rings. The van der Waals surface area contributed by atoms with Crippen LogP contribution in [-0.4, -0.2) is 0 Å². The molecule has 0 spiro atoms. The van der Waals surface area contributed by atoms with Crippen molar-refractivity contribution in [3.63, 3.8) is 0 Å². The van der Waals surface area contributed by atoms with Gasteiger partial charge in [-0.2, -0.15) is 0 Å². The van der Waals surface area contributed by atoms with Crippen LogP contribution in [0.1, 0.15) is 78.5 Å². The maximum Gasteiger partial charge on any atom is 0.0714 e. The van der Waals surface area contributed by atoms with E-state index >= 15 is 0 Å². The molecule has 0 radical (unpaired) electrons. The number of rotatable bonds is 7. The summed E-state index contributed by atoms with van der Waals surface area (Å²) < 4.78 is 387. The highest BCUT2D eigenvalue weighted by Gasteiger charge is 2.46. The third-order valence-corrected chi connectivity index (χ3v) is 11.8. The van der Waals surface area contributed by atoms with Crippen molar-refractivity contribution < 1.29 is 56.2 Å². The highest BCUT2D eigenvalue weighted by molar-refractivity contribution is 7.26. The molecule has 0 amide bonds. The number of fused-ring (bicyclic) bond motifs is 8. The predicted molar refractivity (Wildman–Crippen MR) is 277 cm³/mol. The van der Waals surface area contributed by atoms with Crippen LogP contribution < -0.4 is 4.90 Å². The molecule has 0 saturated carbocycles. The Labute approximate surface area is 440 Å². The first-order valence-corrected chi connectivity index (χ1v) is 19.9. The highest BCUT2D eigenvalue weighted by atomic mass is 32.1. The molecule has 1 aromatic heterocycles. The Morgan fingerprint density at radius 2 is 0.938 bits per heavy atom. The summed E-state index contributed by atoms with van der Waals surface area (Å²) in [5, 5.41) is -5.03. The van der Waals surface area contributed by atoms with Crippen molar-refractivity contribution in [2.24, 2.45) is 0 Å². The summed E-state index contributed by atoms with van der Waals surface area (Å²) >= 11 is 0.376. The smallest absolute Gasteiger partial charge is 0.0714 e. The van der Waals surface area contributed by atoms with Crippen molar-refractivity contribution in [1.29, 1.82) is 0 Å². The van der Waals surface area contributed by atoms with E-state index in [9.17, 15) is 32.9 Å². The van der Waals surface area contributed by atoms with E-state index in [1.165, 1.54) is 0 Å². The molecule has 0 aliphatic heterocycles. The molecule has 1 aliphatic carbocycles. The fourth-order valence-electron chi connectivity index (χ4n) is 8.14. The summed E-state index contributed by atoms with van der Waals surface area (Å²) in [5.41, 5.74) is -19.2. The molecule has 13 rings (SSSR count). The molecule has 0 N–H and O–H groups in total. The van der Waals surface area contributed by atoms with E-state index < -0.39 is 368 Å². The number of anilines is 3. The minimum atomic E-state index is -3.63. The zero-order chi connectivity index (χ0) is 78.6. The van der Waals surface area contributed by atoms with Crippen LogP contribution in [0.5, 0.6) is 0 Å². The Balaban J connectivity index is 1.37. The zero-order valence-corrected chi connectivity index (χ0v) is 33.2. The van der Waals surface area contributed by atoms with Crippen molar-refractivity contribution in [2.45, 2.75) is 5.41 Å². The molecule has 11 aromatic carbocycles. The number of nitrogens with zero attached hydrogens (tertiary/aromatic N) is 1. The Morgan fingerprint density at radius 3 is 1.75 bits per heavy atom. The van der Waals surface area contributed by atoms with Gasteiger partial charge in [-0.15, -0.1) is 11.3 Å². The van der Waals surface area contributed by atoms with Crippen LogP contribution in [0.25, 0.3) is 75.1 Å². The average Bonchev–Trinajstić information content (AvgIpc) is 1.49. The number of benzene rings is 11. The average molecular weight is 885 g/mol. The molecule has 65 heavy (non-hydrogen) atoms. The third kappa shape index (κ3) is 5.78. The lowest BCUT2D eigenvalue weighted by Crippen LogP contribution is -2.28. The van der Waals surface area contributed by atoms with Gasteiger partial charge in [-0.1, -0.05) is 205 Å². The van der Waals surface area contributed by atoms with Gasteiger partial charge in [-0.3, -0.25) is 0 Å². The Hall–Kier alpha value is -8.04. The second-order valence-corrected chi connectivity index (χ2v) is 15.0. The second kappa shape index (κ2) is 15.1. The van der Waals surface area contributed by atoms with E-state index in [2.05, 4.69) is 0 Å². The molecule has 2 heteroatoms. The third-order valence-electron chi connectivity index (χ3n) is 10.8. The first-order valence-electron chi connectivity index (χ1n) is 39.6. The summed E-state index contributed by atoms with van der Waals surface area (Å²) in [6.07, 6.45) is 0. The van der Waals surface area contributed by atoms with Gasteiger partial charge in [0, 0.05) is 31.5 Å². The Kier molecular flexibility index (Phi) is 3.42. The van der Waals surface area contributed by atoms with Crippen molar-refractivity contribution in [3.8, 4) is 33.4 Å². The van der Waals surface area contributed by atoms with Crippen LogP contribution >= 0.6 is 11.3 Å². The minimum Gasteiger partial charge on any atom is -0.310 e. The standard InChI is InChI=1S/C63H41NS/c1-3-22-45(23-4-1)63(46-24-5-2-6-25-46)56-32-13-11-29-52(56)53-39-37-48(41-57(53)63)64(58-33-17-35-60-62(58)55-30-12-14-34-59(55)65-60)47-26-15-21-44(40-47)51-38-36-43-19-8-10-28-50(43)61(51)54-31-16-20-42-18-7-9-27-49(42)54/h1-41H/i1D,2D,3D,4D,5D,6D,7D,8D,9D,10D,11D,12D,13D,14D,15D,16D,17D,18D,19D,20D,21D,22D,23D,24D,25D,26D,27D,28D,29D,30D,31D,32D,33D,34D,35D,36D,37D,38D,39D,40D,41D. The van der Waals surface area contributed by atoms with Crippen LogP contribution in [0.2, 0.25) is 0 Å². The number of hydrogen-bond donors (Lipinski definition) is 0. The van der Waals surface area contributed by atoms with E-state index in [4.69, 9.17) is 23.3 Å². The van der Waals surface area contributed by atoms with E-state index in [0.29, 0.717) is 11.3 Å². The monoisotopic (exact) mass is 885 g/mol. The fourth-order valence-corrected chi connectivity index (χ4v) is 9.11. The molecule has 1 aliphatic rings. The molecule has 0 saturated heterocycles. The SMILES string of the molecule is [2H]c1c([2H])c([2H])c(C2(c3c([2H])c([2H])c([2H])c([2H])c3[2H])c3c([2H])c([2H])c([2H])c([2H])c3-c3c([2H])c([2H])c(N(c4c([2H])c([2H])c([2H])c(-c5c([2H])c([2H])c6c([2H])c([2H])c([2H])c([2H])c6c5-c5c([2H])c([2H])c([2H])c6c([2H])c([2H])c([2H])c([2H])c56)c4[2H])c4c([2H])c([2H])c([2H])c5sc6c([2H])c([2H])c([2H])c([2H])c6c45)c([2H])c32)c([2H])c1[2H]. The van der Waals surface area contributed by atoms with Crippen LogP contribution in [0.4, 0.5) is 17.1 Å². The summed E-state index contributed by atoms with van der Waals surface area (Å²) in [4.78, 5) is 0.271. The molecule has 1 heterocycles. The van der Waals surface area contributed by atoms with E-state index in [1.54, 1.807) is 0 Å². The topological polar surface area (TPSA) is 3.24 Å². The Bertz CT molecular complexity index is 6100. The molecule has 12 aromatic rings. The Morgan fingerprint density at radius 1 is 0.369 bits per heavy atom. The largest absolute Gasteiger partial charge is 0.310 e. The predicted octanol–water partition coefficient (Wildman–Crippen LogP) is 17.5. The van der Waals surface area contributed by atoms with Crippen molar-refractivity contribution in [1.82, 2.24) is 0 Å². The van der Waals surface area contributed by atoms with Gasteiger partial charge in [0.15, 0.2) is 0 Å². The summed E-state index contributed by atoms with van der Waals surface area (Å²) in [6.45, 7) is 0. The minimum absolute atomic E-state index is 0.271. The molecular formula is C63H41NS. The summed E-state index contributed by atoms with van der Waals surface area (Å²) in [5.74, 6) is 0. The molecule has 0 bridgehead atoms. The van der Waals surface area contributed by atoms with E-state index in [1.807, 2.05) is 0 Å². The van der Waals surface area contributed by atoms with Gasteiger partial charge in [0.2, 0.25) is 0 Å². The molecule has 0 atom stereocenters. The lowest BCUT2D eigenvalue weighted by Gasteiger charge is -2.35. The van der Waals surface area contributed by atoms with Crippen LogP contribution in [-0.2, 0) is 5.41 Å². The maximum absolute atomic E-state index is 11.1. The molecular weight excluding hydrogens is 803 g/mol. The van der Waals surface area contributed by atoms with Gasteiger partial charge in [0.05, 0.1) is 67.3 Å². The van der Waals surface area contributed by atoms with E-state index in [-0.39, 0.29) is 4.90 Å². The van der Waals surface area contributed by atoms with Gasteiger partial charge in [0.25, 0.3) is 0 Å². The second-order valence-electron chi connectivity index (χ2n) is 14.0. The molecule has 0 unspecified atom stereocenters. The normalized spacial score (nSPS) is 21.6. The summed E-state index contributed by atoms with van der Waals surface area (Å²) in [7, 11) is 0. The lowest BCUT2D eigenvalue weighted by molar-refractivity contribution is 0.768. The van der Waals surface area contributed by atoms with E-state index in [0.717, 1.165) is 0 Å².